The molecule has 2 heterocycles. The van der Waals surface area contributed by atoms with E-state index < -0.39 is 5.91 Å². The second-order valence-corrected chi connectivity index (χ2v) is 7.28. The highest BCUT2D eigenvalue weighted by Gasteiger charge is 2.18. The van der Waals surface area contributed by atoms with Crippen LogP contribution in [-0.4, -0.2) is 52.9 Å². The van der Waals surface area contributed by atoms with E-state index in [4.69, 9.17) is 5.73 Å². The number of hydrogen-bond acceptors (Lipinski definition) is 6. The predicted molar refractivity (Wildman–Crippen MR) is 128 cm³/mol. The van der Waals surface area contributed by atoms with Crippen LogP contribution in [-0.2, 0) is 0 Å². The van der Waals surface area contributed by atoms with E-state index in [2.05, 4.69) is 20.6 Å². The molecule has 4 rings (SSSR count). The number of rotatable bonds is 4. The highest BCUT2D eigenvalue weighted by Crippen LogP contribution is 2.21. The molecule has 31 heavy (non-hydrogen) atoms. The van der Waals surface area contributed by atoms with Gasteiger partial charge in [0.1, 0.15) is 0 Å². The van der Waals surface area contributed by atoms with Crippen LogP contribution >= 0.6 is 0 Å². The average molecular weight is 425 g/mol. The van der Waals surface area contributed by atoms with Crippen molar-refractivity contribution in [1.29, 1.82) is 0 Å². The number of nitrogens with one attached hydrogen (secondary N) is 2. The van der Waals surface area contributed by atoms with Gasteiger partial charge in [0.15, 0.2) is 11.5 Å². The Morgan fingerprint density at radius 2 is 1.81 bits per heavy atom. The lowest BCUT2D eigenvalue weighted by atomic mass is 10.1. The lowest BCUT2D eigenvalue weighted by Gasteiger charge is -2.20. The number of carbonyl (C=O) groups is 2. The molecule has 2 aromatic carbocycles. The summed E-state index contributed by atoms with van der Waals surface area (Å²) in [5.41, 5.74) is 8.46. The number of nitrogen functional groups attached to an aromatic ring is 1. The summed E-state index contributed by atoms with van der Waals surface area (Å²) in [7, 11) is 0. The van der Waals surface area contributed by atoms with Crippen LogP contribution in [0.1, 0.15) is 33.0 Å². The summed E-state index contributed by atoms with van der Waals surface area (Å²) in [6.07, 6.45) is 2.46. The second kappa shape index (κ2) is 9.36. The van der Waals surface area contributed by atoms with Gasteiger partial charge in [0.25, 0.3) is 11.8 Å². The Morgan fingerprint density at radius 3 is 2.58 bits per heavy atom. The number of nitrogens with zero attached hydrogens (tertiary/aromatic N) is 3. The van der Waals surface area contributed by atoms with Crippen molar-refractivity contribution in [3.63, 3.8) is 0 Å². The Hall–Kier alpha value is -3.78. The maximum atomic E-state index is 12.8. The zero-order chi connectivity index (χ0) is 21.6. The predicted octanol–water partition coefficient (Wildman–Crippen LogP) is 3.40. The first-order valence-corrected chi connectivity index (χ1v) is 10.2. The molecule has 4 N–H and O–H groups in total. The van der Waals surface area contributed by atoms with Crippen LogP contribution in [0.25, 0.3) is 11.3 Å². The Balaban J connectivity index is 0.00000289. The molecule has 0 radical (unpaired) electrons. The quantitative estimate of drug-likeness (QED) is 0.592. The van der Waals surface area contributed by atoms with Crippen LogP contribution in [0.2, 0.25) is 0 Å². The van der Waals surface area contributed by atoms with Crippen LogP contribution < -0.4 is 16.4 Å². The summed E-state index contributed by atoms with van der Waals surface area (Å²) in [5.74, 6) is -0.361. The van der Waals surface area contributed by atoms with Crippen molar-refractivity contribution in [1.82, 2.24) is 20.2 Å². The van der Waals surface area contributed by atoms with E-state index in [9.17, 15) is 9.59 Å². The Morgan fingerprint density at radius 1 is 1.03 bits per heavy atom. The fourth-order valence-corrected chi connectivity index (χ4v) is 3.43. The van der Waals surface area contributed by atoms with Crippen molar-refractivity contribution in [2.75, 3.05) is 37.2 Å². The van der Waals surface area contributed by atoms with Crippen molar-refractivity contribution >= 4 is 23.3 Å². The Kier molecular flexibility index (Phi) is 6.18. The number of nitrogens with two attached hydrogens (primary N) is 1. The molecule has 166 valence electrons. The van der Waals surface area contributed by atoms with Gasteiger partial charge < -0.3 is 21.3 Å². The molecular formula is C23H32N6O2. The van der Waals surface area contributed by atoms with Crippen LogP contribution in [0, 0.1) is 0 Å². The van der Waals surface area contributed by atoms with E-state index in [1.165, 1.54) is 6.20 Å². The normalized spacial score (nSPS) is 14.0. The monoisotopic (exact) mass is 424 g/mol. The first-order valence-electron chi connectivity index (χ1n) is 10.2. The molecule has 0 spiro atoms. The third-order valence-corrected chi connectivity index (χ3v) is 5.10. The molecule has 1 aromatic heterocycles. The van der Waals surface area contributed by atoms with Gasteiger partial charge in [-0.1, -0.05) is 30.3 Å². The van der Waals surface area contributed by atoms with Crippen LogP contribution in [0.5, 0.6) is 0 Å². The fourth-order valence-electron chi connectivity index (χ4n) is 3.43. The molecule has 0 aliphatic carbocycles. The summed E-state index contributed by atoms with van der Waals surface area (Å²) < 4.78 is 0. The summed E-state index contributed by atoms with van der Waals surface area (Å²) in [6.45, 7) is 3.18. The molecule has 0 atom stereocenters. The molecule has 0 unspecified atom stereocenters. The van der Waals surface area contributed by atoms with E-state index in [-0.39, 0.29) is 23.1 Å². The number of para-hydroxylation sites is 1. The van der Waals surface area contributed by atoms with Crippen molar-refractivity contribution < 1.29 is 15.3 Å². The second-order valence-electron chi connectivity index (χ2n) is 7.28. The van der Waals surface area contributed by atoms with Gasteiger partial charge in [-0.05, 0) is 37.2 Å². The van der Waals surface area contributed by atoms with Gasteiger partial charge in [0.05, 0.1) is 11.9 Å². The minimum absolute atomic E-state index is 0. The summed E-state index contributed by atoms with van der Waals surface area (Å²) >= 11 is 0. The van der Waals surface area contributed by atoms with E-state index in [0.717, 1.165) is 31.6 Å². The van der Waals surface area contributed by atoms with E-state index in [0.29, 0.717) is 23.5 Å². The van der Waals surface area contributed by atoms with Gasteiger partial charge in [-0.2, -0.15) is 0 Å². The molecule has 2 amide bonds. The van der Waals surface area contributed by atoms with Gasteiger partial charge in [0.2, 0.25) is 0 Å². The zero-order valence-corrected chi connectivity index (χ0v) is 17.0. The maximum absolute atomic E-state index is 12.8. The van der Waals surface area contributed by atoms with E-state index in [1.54, 1.807) is 24.3 Å². The molecule has 0 saturated carbocycles. The van der Waals surface area contributed by atoms with Crippen molar-refractivity contribution in [2.45, 2.75) is 6.42 Å². The highest BCUT2D eigenvalue weighted by atomic mass is 16.2. The van der Waals surface area contributed by atoms with Crippen molar-refractivity contribution in [2.24, 2.45) is 0 Å². The first-order chi connectivity index (χ1) is 15.1. The minimum Gasteiger partial charge on any atom is -0.382 e. The van der Waals surface area contributed by atoms with Gasteiger partial charge >= 0.3 is 0 Å². The number of hydrogen-bond donors (Lipinski definition) is 3. The Bertz CT molecular complexity index is 1080. The average Bonchev–Trinajstić information content (AvgIpc) is 3.09. The third-order valence-electron chi connectivity index (χ3n) is 5.10. The lowest BCUT2D eigenvalue weighted by molar-refractivity contribution is 0.0766. The number of aromatic nitrogens is 2. The standard InChI is InChI=1S/C23H24N6O2.4H2/c24-21-20(22(30)27-18-5-2-1-3-6-18)28-19(15-26-21)16-7-9-17(10-8-16)23(31)29-13-4-11-25-12-14-29;;;;/h1-3,5-10,15,25H,4,11-14H2,(H2,24,26)(H,27,30);4*1H. The SMILES string of the molecule is Nc1ncc(-c2ccc(C(=O)N3CCCNCC3)cc2)nc1C(=O)Nc1ccccc1.[HH].[HH].[HH].[HH]. The van der Waals surface area contributed by atoms with Gasteiger partial charge in [-0.3, -0.25) is 9.59 Å². The summed E-state index contributed by atoms with van der Waals surface area (Å²) in [5, 5.41) is 6.06. The molecule has 3 aromatic rings. The van der Waals surface area contributed by atoms with Crippen molar-refractivity contribution in [3.8, 4) is 11.3 Å². The van der Waals surface area contributed by atoms with E-state index >= 15 is 0 Å². The molecular weight excluding hydrogens is 392 g/mol. The molecule has 1 fully saturated rings. The molecule has 8 nitrogen and oxygen atoms in total. The van der Waals surface area contributed by atoms with Crippen molar-refractivity contribution in [3.05, 3.63) is 72.1 Å². The summed E-state index contributed by atoms with van der Waals surface area (Å²) in [6, 6.07) is 16.2. The number of amides is 2. The van der Waals surface area contributed by atoms with Crippen LogP contribution in [0.3, 0.4) is 0 Å². The zero-order valence-electron chi connectivity index (χ0n) is 17.0. The topological polar surface area (TPSA) is 113 Å². The van der Waals surface area contributed by atoms with E-state index in [1.807, 2.05) is 35.2 Å². The summed E-state index contributed by atoms with van der Waals surface area (Å²) in [4.78, 5) is 35.8. The molecule has 1 saturated heterocycles. The first kappa shape index (κ1) is 20.5. The Labute approximate surface area is 186 Å². The van der Waals surface area contributed by atoms with Gasteiger partial charge in [0, 0.05) is 42.2 Å². The molecule has 0 bridgehead atoms. The van der Waals surface area contributed by atoms with Crippen LogP contribution in [0.4, 0.5) is 11.5 Å². The third kappa shape index (κ3) is 4.87. The smallest absolute Gasteiger partial charge is 0.278 e. The number of benzene rings is 2. The van der Waals surface area contributed by atoms with Crippen LogP contribution in [0.15, 0.2) is 60.8 Å². The highest BCUT2D eigenvalue weighted by molar-refractivity contribution is 6.06. The lowest BCUT2D eigenvalue weighted by Crippen LogP contribution is -2.34. The fraction of sp³-hybridized carbons (Fsp3) is 0.217. The van der Waals surface area contributed by atoms with Gasteiger partial charge in [-0.15, -0.1) is 0 Å². The molecule has 1 aliphatic heterocycles. The number of anilines is 2. The van der Waals surface area contributed by atoms with Gasteiger partial charge in [-0.25, -0.2) is 9.97 Å². The maximum Gasteiger partial charge on any atom is 0.278 e. The number of carbonyl (C=O) groups excluding carboxylic acids is 2. The minimum atomic E-state index is -0.431. The largest absolute Gasteiger partial charge is 0.382 e. The molecule has 1 aliphatic rings. The molecule has 8 heteroatoms.